The number of rotatable bonds is 3. The number of hydrogen-bond donors (Lipinski definition) is 1. The molecule has 0 aromatic carbocycles. The molecule has 1 aromatic rings. The van der Waals surface area contributed by atoms with Crippen LogP contribution in [0, 0.1) is 0 Å². The number of nitrogens with zero attached hydrogens (tertiary/aromatic N) is 1. The minimum Gasteiger partial charge on any atom is -0.445 e. The fraction of sp³-hybridized carbons (Fsp3) is 0.0833. The number of furan rings is 1. The standard InChI is InChI=1S/C12H9ClN2O4/c1-2-5-15-11(17)8(10(16)14-12(15)18)6-7-3-4-9(13)19-7/h2-4,6H,1,5H2,(H,14,16,18). The van der Waals surface area contributed by atoms with E-state index in [1.807, 2.05) is 0 Å². The van der Waals surface area contributed by atoms with Crippen LogP contribution in [0.15, 0.2) is 34.8 Å². The first kappa shape index (κ1) is 13.1. The number of hydrogen-bond acceptors (Lipinski definition) is 4. The van der Waals surface area contributed by atoms with E-state index in [4.69, 9.17) is 16.0 Å². The fourth-order valence-corrected chi connectivity index (χ4v) is 1.69. The maximum absolute atomic E-state index is 12.0. The molecule has 1 aliphatic heterocycles. The summed E-state index contributed by atoms with van der Waals surface area (Å²) in [4.78, 5) is 36.0. The Hall–Kier alpha value is -2.34. The molecule has 1 saturated heterocycles. The van der Waals surface area contributed by atoms with E-state index in [2.05, 4.69) is 11.9 Å². The normalized spacial score (nSPS) is 17.8. The molecule has 2 heterocycles. The minimum absolute atomic E-state index is 0.00813. The topological polar surface area (TPSA) is 79.6 Å². The Balaban J connectivity index is 2.35. The average Bonchev–Trinajstić information content (AvgIpc) is 2.76. The summed E-state index contributed by atoms with van der Waals surface area (Å²) in [5, 5.41) is 2.19. The molecule has 0 radical (unpaired) electrons. The molecular formula is C12H9ClN2O4. The lowest BCUT2D eigenvalue weighted by atomic mass is 10.1. The third kappa shape index (κ3) is 2.58. The second-order valence-electron chi connectivity index (χ2n) is 3.66. The highest BCUT2D eigenvalue weighted by Gasteiger charge is 2.35. The van der Waals surface area contributed by atoms with E-state index in [1.54, 1.807) is 0 Å². The Bertz CT molecular complexity index is 603. The van der Waals surface area contributed by atoms with Gasteiger partial charge in [-0.3, -0.25) is 19.8 Å². The van der Waals surface area contributed by atoms with Crippen molar-refractivity contribution in [2.45, 2.75) is 0 Å². The van der Waals surface area contributed by atoms with Crippen LogP contribution in [-0.4, -0.2) is 29.3 Å². The van der Waals surface area contributed by atoms with Crippen LogP contribution in [0.3, 0.4) is 0 Å². The fourth-order valence-electron chi connectivity index (χ4n) is 1.54. The summed E-state index contributed by atoms with van der Waals surface area (Å²) in [6.45, 7) is 3.45. The summed E-state index contributed by atoms with van der Waals surface area (Å²) in [6, 6.07) is 2.21. The van der Waals surface area contributed by atoms with Gasteiger partial charge < -0.3 is 4.42 Å². The zero-order chi connectivity index (χ0) is 14.0. The van der Waals surface area contributed by atoms with E-state index in [9.17, 15) is 14.4 Å². The summed E-state index contributed by atoms with van der Waals surface area (Å²) in [6.07, 6.45) is 2.61. The number of urea groups is 1. The largest absolute Gasteiger partial charge is 0.445 e. The Morgan fingerprint density at radius 1 is 1.37 bits per heavy atom. The molecule has 2 rings (SSSR count). The zero-order valence-electron chi connectivity index (χ0n) is 9.68. The average molecular weight is 281 g/mol. The lowest BCUT2D eigenvalue weighted by Crippen LogP contribution is -2.54. The van der Waals surface area contributed by atoms with Gasteiger partial charge in [0.05, 0.1) is 0 Å². The SMILES string of the molecule is C=CCN1C(=O)NC(=O)C(=Cc2ccc(Cl)o2)C1=O. The number of amides is 4. The van der Waals surface area contributed by atoms with Gasteiger partial charge in [-0.15, -0.1) is 6.58 Å². The van der Waals surface area contributed by atoms with Gasteiger partial charge in [-0.25, -0.2) is 4.79 Å². The van der Waals surface area contributed by atoms with Gasteiger partial charge in [0.15, 0.2) is 5.22 Å². The van der Waals surface area contributed by atoms with Crippen molar-refractivity contribution in [2.24, 2.45) is 0 Å². The molecule has 0 atom stereocenters. The van der Waals surface area contributed by atoms with E-state index < -0.39 is 17.8 Å². The van der Waals surface area contributed by atoms with Crippen LogP contribution in [0.5, 0.6) is 0 Å². The van der Waals surface area contributed by atoms with Gasteiger partial charge in [0.25, 0.3) is 11.8 Å². The van der Waals surface area contributed by atoms with Crippen LogP contribution in [0.4, 0.5) is 4.79 Å². The highest BCUT2D eigenvalue weighted by Crippen LogP contribution is 2.18. The Labute approximate surface area is 113 Å². The van der Waals surface area contributed by atoms with E-state index in [-0.39, 0.29) is 23.1 Å². The molecule has 1 N–H and O–H groups in total. The second-order valence-corrected chi connectivity index (χ2v) is 4.04. The van der Waals surface area contributed by atoms with Gasteiger partial charge >= 0.3 is 6.03 Å². The van der Waals surface area contributed by atoms with Crippen molar-refractivity contribution >= 4 is 35.5 Å². The molecule has 6 nitrogen and oxygen atoms in total. The van der Waals surface area contributed by atoms with E-state index in [0.717, 1.165) is 4.90 Å². The number of nitrogens with one attached hydrogen (secondary N) is 1. The summed E-state index contributed by atoms with van der Waals surface area (Å²) in [5.74, 6) is -1.24. The van der Waals surface area contributed by atoms with Gasteiger partial charge in [-0.05, 0) is 29.8 Å². The van der Waals surface area contributed by atoms with Crippen molar-refractivity contribution in [3.05, 3.63) is 41.3 Å². The number of carbonyl (C=O) groups excluding carboxylic acids is 3. The van der Waals surface area contributed by atoms with Crippen molar-refractivity contribution in [3.8, 4) is 0 Å². The number of barbiturate groups is 1. The van der Waals surface area contributed by atoms with Crippen LogP contribution < -0.4 is 5.32 Å². The molecule has 98 valence electrons. The molecule has 0 spiro atoms. The molecule has 1 aliphatic rings. The highest BCUT2D eigenvalue weighted by atomic mass is 35.5. The summed E-state index contributed by atoms with van der Waals surface area (Å²) in [5.41, 5.74) is -0.201. The number of carbonyl (C=O) groups is 3. The van der Waals surface area contributed by atoms with E-state index in [0.29, 0.717) is 0 Å². The predicted octanol–water partition coefficient (Wildman–Crippen LogP) is 1.58. The van der Waals surface area contributed by atoms with Gasteiger partial charge in [-0.1, -0.05) is 6.08 Å². The second kappa shape index (κ2) is 5.11. The number of halogens is 1. The maximum Gasteiger partial charge on any atom is 0.331 e. The molecular weight excluding hydrogens is 272 g/mol. The van der Waals surface area contributed by atoms with Gasteiger partial charge in [0.2, 0.25) is 0 Å². The third-order valence-corrected chi connectivity index (χ3v) is 2.58. The summed E-state index contributed by atoms with van der Waals surface area (Å²) in [7, 11) is 0. The minimum atomic E-state index is -0.775. The molecule has 1 aromatic heterocycles. The lowest BCUT2D eigenvalue weighted by Gasteiger charge is -2.24. The monoisotopic (exact) mass is 280 g/mol. The van der Waals surface area contributed by atoms with Crippen LogP contribution in [0.1, 0.15) is 5.76 Å². The summed E-state index contributed by atoms with van der Waals surface area (Å²) >= 11 is 5.59. The van der Waals surface area contributed by atoms with Crippen molar-refractivity contribution in [3.63, 3.8) is 0 Å². The molecule has 4 amide bonds. The first-order valence-corrected chi connectivity index (χ1v) is 5.66. The molecule has 0 saturated carbocycles. The first-order valence-electron chi connectivity index (χ1n) is 5.28. The van der Waals surface area contributed by atoms with Crippen LogP contribution in [-0.2, 0) is 9.59 Å². The van der Waals surface area contributed by atoms with Crippen molar-refractivity contribution in [1.82, 2.24) is 10.2 Å². The Morgan fingerprint density at radius 2 is 2.11 bits per heavy atom. The van der Waals surface area contributed by atoms with Crippen molar-refractivity contribution < 1.29 is 18.8 Å². The maximum atomic E-state index is 12.0. The van der Waals surface area contributed by atoms with Gasteiger partial charge in [0, 0.05) is 6.54 Å². The molecule has 0 bridgehead atoms. The van der Waals surface area contributed by atoms with Crippen LogP contribution in [0.25, 0.3) is 6.08 Å². The Morgan fingerprint density at radius 3 is 2.68 bits per heavy atom. The Kier molecular flexibility index (Phi) is 3.52. The quantitative estimate of drug-likeness (QED) is 0.518. The van der Waals surface area contributed by atoms with Crippen LogP contribution >= 0.6 is 11.6 Å². The van der Waals surface area contributed by atoms with E-state index in [1.165, 1.54) is 24.3 Å². The molecule has 19 heavy (non-hydrogen) atoms. The van der Waals surface area contributed by atoms with Crippen LogP contribution in [0.2, 0.25) is 5.22 Å². The summed E-state index contributed by atoms with van der Waals surface area (Å²) < 4.78 is 5.04. The van der Waals surface area contributed by atoms with Gasteiger partial charge in [-0.2, -0.15) is 0 Å². The van der Waals surface area contributed by atoms with Crippen molar-refractivity contribution in [2.75, 3.05) is 6.54 Å². The molecule has 0 aliphatic carbocycles. The predicted molar refractivity (Wildman–Crippen MR) is 67.1 cm³/mol. The lowest BCUT2D eigenvalue weighted by molar-refractivity contribution is -0.129. The smallest absolute Gasteiger partial charge is 0.331 e. The third-order valence-electron chi connectivity index (χ3n) is 2.38. The molecule has 7 heteroatoms. The molecule has 0 unspecified atom stereocenters. The van der Waals surface area contributed by atoms with Crippen molar-refractivity contribution in [1.29, 1.82) is 0 Å². The van der Waals surface area contributed by atoms with Gasteiger partial charge in [0.1, 0.15) is 11.3 Å². The highest BCUT2D eigenvalue weighted by molar-refractivity contribution is 6.31. The molecule has 1 fully saturated rings. The zero-order valence-corrected chi connectivity index (χ0v) is 10.4. The van der Waals surface area contributed by atoms with E-state index >= 15 is 0 Å². The number of imide groups is 2. The first-order chi connectivity index (χ1) is 9.02.